The Morgan fingerprint density at radius 3 is 2.33 bits per heavy atom. The molecule has 0 atom stereocenters. The molecule has 3 rings (SSSR count). The highest BCUT2D eigenvalue weighted by atomic mass is 16.2. The highest BCUT2D eigenvalue weighted by Gasteiger charge is 2.13. The van der Waals surface area contributed by atoms with Crippen LogP contribution < -0.4 is 5.56 Å². The Kier molecular flexibility index (Phi) is 4.47. The molecule has 24 heavy (non-hydrogen) atoms. The van der Waals surface area contributed by atoms with Gasteiger partial charge in [0.15, 0.2) is 0 Å². The fourth-order valence-corrected chi connectivity index (χ4v) is 2.85. The third kappa shape index (κ3) is 2.95. The Bertz CT molecular complexity index is 922. The number of rotatable bonds is 4. The van der Waals surface area contributed by atoms with E-state index in [2.05, 4.69) is 4.98 Å². The van der Waals surface area contributed by atoms with Gasteiger partial charge in [0.2, 0.25) is 0 Å². The van der Waals surface area contributed by atoms with Crippen LogP contribution >= 0.6 is 0 Å². The molecular formula is C20H20N2O2. The number of carbonyl (C=O) groups is 1. The molecule has 0 spiro atoms. The van der Waals surface area contributed by atoms with Crippen LogP contribution in [-0.2, 0) is 0 Å². The predicted molar refractivity (Wildman–Crippen MR) is 97.3 cm³/mol. The van der Waals surface area contributed by atoms with Crippen molar-refractivity contribution in [2.75, 3.05) is 13.1 Å². The van der Waals surface area contributed by atoms with Gasteiger partial charge in [-0.2, -0.15) is 0 Å². The van der Waals surface area contributed by atoms with Gasteiger partial charge >= 0.3 is 0 Å². The van der Waals surface area contributed by atoms with Gasteiger partial charge in [-0.15, -0.1) is 0 Å². The first-order valence-corrected chi connectivity index (χ1v) is 8.15. The minimum atomic E-state index is -0.128. The first-order chi connectivity index (χ1) is 11.6. The van der Waals surface area contributed by atoms with Crippen molar-refractivity contribution in [3.63, 3.8) is 0 Å². The zero-order valence-corrected chi connectivity index (χ0v) is 13.9. The summed E-state index contributed by atoms with van der Waals surface area (Å²) in [5, 5.41) is 0.982. The number of para-hydroxylation sites is 1. The Hall–Kier alpha value is -2.88. The van der Waals surface area contributed by atoms with Gasteiger partial charge in [0.1, 0.15) is 0 Å². The molecule has 0 aliphatic carbocycles. The maximum Gasteiger partial charge on any atom is 0.256 e. The van der Waals surface area contributed by atoms with Gasteiger partial charge in [0.25, 0.3) is 11.5 Å². The number of fused-ring (bicyclic) bond motifs is 1. The molecule has 0 bridgehead atoms. The quantitative estimate of drug-likeness (QED) is 0.797. The molecule has 0 unspecified atom stereocenters. The molecule has 0 saturated heterocycles. The number of nitrogens with zero attached hydrogens (tertiary/aromatic N) is 1. The lowest BCUT2D eigenvalue weighted by molar-refractivity contribution is 0.0773. The van der Waals surface area contributed by atoms with Gasteiger partial charge in [-0.25, -0.2) is 0 Å². The van der Waals surface area contributed by atoms with Crippen LogP contribution in [0.15, 0.2) is 59.4 Å². The van der Waals surface area contributed by atoms with E-state index in [1.165, 1.54) is 0 Å². The van der Waals surface area contributed by atoms with E-state index in [9.17, 15) is 9.59 Å². The standard InChI is InChI=1S/C20H20N2O2/c1-3-22(4-2)20(24)15-11-9-14(10-12-15)17-13-16-7-5-6-8-18(16)21-19(17)23/h5-13H,3-4H2,1-2H3,(H,21,23). The summed E-state index contributed by atoms with van der Waals surface area (Å²) in [4.78, 5) is 29.4. The van der Waals surface area contributed by atoms with Crippen LogP contribution in [-0.4, -0.2) is 28.9 Å². The van der Waals surface area contributed by atoms with Crippen LogP contribution in [0, 0.1) is 0 Å². The molecule has 1 aromatic heterocycles. The van der Waals surface area contributed by atoms with Crippen molar-refractivity contribution < 1.29 is 4.79 Å². The molecule has 3 aromatic rings. The third-order valence-electron chi connectivity index (χ3n) is 4.25. The SMILES string of the molecule is CCN(CC)C(=O)c1ccc(-c2cc3ccccc3[nH]c2=O)cc1. The van der Waals surface area contributed by atoms with Crippen molar-refractivity contribution in [3.8, 4) is 11.1 Å². The fraction of sp³-hybridized carbons (Fsp3) is 0.200. The molecule has 0 aliphatic rings. The van der Waals surface area contributed by atoms with Crippen LogP contribution in [0.3, 0.4) is 0 Å². The number of pyridine rings is 1. The van der Waals surface area contributed by atoms with Crippen LogP contribution in [0.4, 0.5) is 0 Å². The van der Waals surface area contributed by atoms with Crippen molar-refractivity contribution in [2.24, 2.45) is 0 Å². The summed E-state index contributed by atoms with van der Waals surface area (Å²) in [5.41, 5.74) is 2.74. The van der Waals surface area contributed by atoms with E-state index in [4.69, 9.17) is 0 Å². The van der Waals surface area contributed by atoms with E-state index >= 15 is 0 Å². The number of hydrogen-bond acceptors (Lipinski definition) is 2. The monoisotopic (exact) mass is 320 g/mol. The van der Waals surface area contributed by atoms with E-state index in [1.807, 2.05) is 56.3 Å². The summed E-state index contributed by atoms with van der Waals surface area (Å²) in [6.07, 6.45) is 0. The molecule has 1 amide bonds. The maximum atomic E-state index is 12.4. The first kappa shape index (κ1) is 16.0. The van der Waals surface area contributed by atoms with Gasteiger partial charge in [-0.3, -0.25) is 9.59 Å². The highest BCUT2D eigenvalue weighted by Crippen LogP contribution is 2.20. The Morgan fingerprint density at radius 1 is 1.00 bits per heavy atom. The van der Waals surface area contributed by atoms with Crippen molar-refractivity contribution in [1.82, 2.24) is 9.88 Å². The van der Waals surface area contributed by atoms with Crippen molar-refractivity contribution in [1.29, 1.82) is 0 Å². The van der Waals surface area contributed by atoms with Crippen LogP contribution in [0.5, 0.6) is 0 Å². The summed E-state index contributed by atoms with van der Waals surface area (Å²) in [6, 6.07) is 16.8. The molecule has 0 fully saturated rings. The lowest BCUT2D eigenvalue weighted by Gasteiger charge is -2.18. The second-order valence-electron chi connectivity index (χ2n) is 5.65. The third-order valence-corrected chi connectivity index (χ3v) is 4.25. The average Bonchev–Trinajstić information content (AvgIpc) is 2.62. The average molecular weight is 320 g/mol. The normalized spacial score (nSPS) is 10.8. The lowest BCUT2D eigenvalue weighted by Crippen LogP contribution is -2.30. The number of benzene rings is 2. The van der Waals surface area contributed by atoms with Crippen molar-refractivity contribution >= 4 is 16.8 Å². The lowest BCUT2D eigenvalue weighted by atomic mass is 10.0. The van der Waals surface area contributed by atoms with E-state index in [1.54, 1.807) is 17.0 Å². The highest BCUT2D eigenvalue weighted by molar-refractivity contribution is 5.94. The van der Waals surface area contributed by atoms with Gasteiger partial charge in [0.05, 0.1) is 0 Å². The Balaban J connectivity index is 1.98. The number of aromatic amines is 1. The molecule has 4 heteroatoms. The number of aromatic nitrogens is 1. The molecule has 2 aromatic carbocycles. The summed E-state index contributed by atoms with van der Waals surface area (Å²) < 4.78 is 0. The number of nitrogens with one attached hydrogen (secondary N) is 1. The van der Waals surface area contributed by atoms with Crippen LogP contribution in [0.25, 0.3) is 22.0 Å². The van der Waals surface area contributed by atoms with E-state index in [0.717, 1.165) is 16.5 Å². The Morgan fingerprint density at radius 2 is 1.67 bits per heavy atom. The molecule has 0 aliphatic heterocycles. The smallest absolute Gasteiger partial charge is 0.256 e. The number of H-pyrrole nitrogens is 1. The zero-order valence-electron chi connectivity index (χ0n) is 13.9. The van der Waals surface area contributed by atoms with Gasteiger partial charge in [-0.05, 0) is 49.1 Å². The van der Waals surface area contributed by atoms with E-state index < -0.39 is 0 Å². The van der Waals surface area contributed by atoms with Crippen molar-refractivity contribution in [3.05, 3.63) is 70.5 Å². The molecular weight excluding hydrogens is 300 g/mol. The summed E-state index contributed by atoms with van der Waals surface area (Å²) in [7, 11) is 0. The number of amides is 1. The first-order valence-electron chi connectivity index (χ1n) is 8.15. The van der Waals surface area contributed by atoms with Crippen LogP contribution in [0.1, 0.15) is 24.2 Å². The fourth-order valence-electron chi connectivity index (χ4n) is 2.85. The van der Waals surface area contributed by atoms with Crippen LogP contribution in [0.2, 0.25) is 0 Å². The van der Waals surface area contributed by atoms with Gasteiger partial charge in [-0.1, -0.05) is 30.3 Å². The largest absolute Gasteiger partial charge is 0.339 e. The zero-order chi connectivity index (χ0) is 17.1. The molecule has 4 nitrogen and oxygen atoms in total. The molecule has 122 valence electrons. The summed E-state index contributed by atoms with van der Waals surface area (Å²) >= 11 is 0. The second-order valence-corrected chi connectivity index (χ2v) is 5.65. The Labute approximate surface area is 140 Å². The molecule has 1 N–H and O–H groups in total. The molecule has 0 radical (unpaired) electrons. The topological polar surface area (TPSA) is 53.2 Å². The number of carbonyl (C=O) groups excluding carboxylic acids is 1. The summed E-state index contributed by atoms with van der Waals surface area (Å²) in [5.74, 6) is 0.0129. The van der Waals surface area contributed by atoms with Gasteiger partial charge < -0.3 is 9.88 Å². The maximum absolute atomic E-state index is 12.4. The second kappa shape index (κ2) is 6.71. The van der Waals surface area contributed by atoms with E-state index in [-0.39, 0.29) is 11.5 Å². The van der Waals surface area contributed by atoms with E-state index in [0.29, 0.717) is 24.2 Å². The molecule has 1 heterocycles. The minimum absolute atomic E-state index is 0.0129. The number of hydrogen-bond donors (Lipinski definition) is 1. The van der Waals surface area contributed by atoms with Crippen molar-refractivity contribution in [2.45, 2.75) is 13.8 Å². The summed E-state index contributed by atoms with van der Waals surface area (Å²) in [6.45, 7) is 5.29. The van der Waals surface area contributed by atoms with Gasteiger partial charge in [0, 0.05) is 29.7 Å². The molecule has 0 saturated carbocycles. The predicted octanol–water partition coefficient (Wildman–Crippen LogP) is 3.68. The minimum Gasteiger partial charge on any atom is -0.339 e.